The van der Waals surface area contributed by atoms with Gasteiger partial charge in [-0.25, -0.2) is 0 Å². The second-order valence-electron chi connectivity index (χ2n) is 3.66. The van der Waals surface area contributed by atoms with E-state index in [0.717, 1.165) is 0 Å². The molecular formula is C6H20N3O3P. The van der Waals surface area contributed by atoms with Gasteiger partial charge in [0.15, 0.2) is 0 Å². The average Bonchev–Trinajstić information content (AvgIpc) is 1.82. The average molecular weight is 213 g/mol. The molecule has 0 aliphatic carbocycles. The van der Waals surface area contributed by atoms with Gasteiger partial charge < -0.3 is 0 Å². The molecule has 0 bridgehead atoms. The molecule has 0 aromatic rings. The van der Waals surface area contributed by atoms with Crippen LogP contribution in [0.2, 0.25) is 0 Å². The van der Waals surface area contributed by atoms with E-state index in [1.807, 2.05) is 0 Å². The van der Waals surface area contributed by atoms with E-state index in [9.17, 15) is 0 Å². The minimum absolute atomic E-state index is 1.51. The first-order valence-corrected chi connectivity index (χ1v) is 6.72. The van der Waals surface area contributed by atoms with Gasteiger partial charge in [-0.3, -0.25) is 0 Å². The molecule has 0 fully saturated rings. The van der Waals surface area contributed by atoms with Crippen LogP contribution < -0.4 is 5.90 Å². The zero-order valence-corrected chi connectivity index (χ0v) is 10.0. The summed E-state index contributed by atoms with van der Waals surface area (Å²) in [7, 11) is 3.78. The Bertz CT molecular complexity index is 161. The molecule has 0 aromatic heterocycles. The van der Waals surface area contributed by atoms with Crippen molar-refractivity contribution in [3.05, 3.63) is 0 Å². The third kappa shape index (κ3) is 4.83. The van der Waals surface area contributed by atoms with Crippen molar-refractivity contribution in [2.45, 2.75) is 0 Å². The fourth-order valence-corrected chi connectivity index (χ4v) is 2.92. The van der Waals surface area contributed by atoms with E-state index in [1.165, 1.54) is 10.1 Å². The van der Waals surface area contributed by atoms with E-state index in [1.54, 1.807) is 41.5 Å². The second-order valence-corrected chi connectivity index (χ2v) is 7.73. The molecule has 13 heavy (non-hydrogen) atoms. The molecule has 0 rings (SSSR count). The van der Waals surface area contributed by atoms with Crippen LogP contribution in [0.1, 0.15) is 0 Å². The summed E-state index contributed by atoms with van der Waals surface area (Å²) in [6, 6.07) is 0. The summed E-state index contributed by atoms with van der Waals surface area (Å²) in [6.07, 6.45) is 0. The summed E-state index contributed by atoms with van der Waals surface area (Å²) in [4.78, 5) is 0. The summed E-state index contributed by atoms with van der Waals surface area (Å²) in [5.41, 5.74) is 0. The quantitative estimate of drug-likeness (QED) is 0.527. The van der Waals surface area contributed by atoms with Gasteiger partial charge in [-0.2, -0.15) is 0 Å². The second kappa shape index (κ2) is 4.14. The Morgan fingerprint density at radius 3 is 1.38 bits per heavy atom. The number of hydroxylamine groups is 4. The zero-order valence-electron chi connectivity index (χ0n) is 9.14. The number of hydrogen-bond acceptors (Lipinski definition) is 6. The molecule has 0 aliphatic rings. The predicted molar refractivity (Wildman–Crippen MR) is 53.6 cm³/mol. The van der Waals surface area contributed by atoms with Gasteiger partial charge in [-0.15, -0.1) is 0 Å². The number of nitrogens with zero attached hydrogens (tertiary/aromatic N) is 2. The van der Waals surface area contributed by atoms with Crippen LogP contribution in [0.3, 0.4) is 0 Å². The Hall–Kier alpha value is 0.190. The molecular weight excluding hydrogens is 193 g/mol. The third-order valence-corrected chi connectivity index (χ3v) is 3.25. The topological polar surface area (TPSA) is 60.2 Å². The summed E-state index contributed by atoms with van der Waals surface area (Å²) >= 11 is 0. The standard InChI is InChI=1S/C6H20N3O3P/c1-8(2)11-13(5,6,10-7)12-9(3)4/h7H2,1-6H3. The predicted octanol–water partition coefficient (Wildman–Crippen LogP) is 0.421. The molecule has 0 aromatic carbocycles. The fourth-order valence-electron chi connectivity index (χ4n) is 0.973. The van der Waals surface area contributed by atoms with Crippen LogP contribution in [0.25, 0.3) is 0 Å². The van der Waals surface area contributed by atoms with Crippen molar-refractivity contribution in [3.63, 3.8) is 0 Å². The van der Waals surface area contributed by atoms with Gasteiger partial charge in [0.1, 0.15) is 0 Å². The summed E-state index contributed by atoms with van der Waals surface area (Å²) in [6.45, 7) is 3.43. The summed E-state index contributed by atoms with van der Waals surface area (Å²) < 4.78 is 15.7. The van der Waals surface area contributed by atoms with E-state index in [2.05, 4.69) is 0 Å². The molecule has 6 nitrogen and oxygen atoms in total. The molecule has 7 heteroatoms. The first kappa shape index (κ1) is 13.2. The van der Waals surface area contributed by atoms with Gasteiger partial charge in [-0.1, -0.05) is 0 Å². The van der Waals surface area contributed by atoms with E-state index in [4.69, 9.17) is 19.8 Å². The number of nitrogens with two attached hydrogens (primary N) is 1. The molecule has 0 saturated heterocycles. The van der Waals surface area contributed by atoms with Crippen LogP contribution in [0, 0.1) is 0 Å². The number of rotatable bonds is 5. The van der Waals surface area contributed by atoms with E-state index >= 15 is 0 Å². The molecule has 0 radical (unpaired) electrons. The van der Waals surface area contributed by atoms with Crippen LogP contribution in [-0.4, -0.2) is 51.6 Å². The van der Waals surface area contributed by atoms with Gasteiger partial charge in [0.25, 0.3) is 0 Å². The molecule has 82 valence electrons. The van der Waals surface area contributed by atoms with Crippen LogP contribution in [0.4, 0.5) is 0 Å². The van der Waals surface area contributed by atoms with Crippen molar-refractivity contribution in [3.8, 4) is 0 Å². The molecule has 0 atom stereocenters. The molecule has 0 aliphatic heterocycles. The van der Waals surface area contributed by atoms with E-state index < -0.39 is 7.28 Å². The Labute approximate surface area is 79.6 Å². The van der Waals surface area contributed by atoms with E-state index in [0.29, 0.717) is 0 Å². The first-order valence-electron chi connectivity index (χ1n) is 3.83. The Kier molecular flexibility index (Phi) is 4.21. The van der Waals surface area contributed by atoms with Crippen LogP contribution in [0.15, 0.2) is 0 Å². The molecule has 0 amide bonds. The van der Waals surface area contributed by atoms with E-state index in [-0.39, 0.29) is 0 Å². The van der Waals surface area contributed by atoms with Crippen molar-refractivity contribution < 1.29 is 13.9 Å². The van der Waals surface area contributed by atoms with Gasteiger partial charge in [0.2, 0.25) is 0 Å². The van der Waals surface area contributed by atoms with Crippen molar-refractivity contribution in [2.24, 2.45) is 5.90 Å². The summed E-state index contributed by atoms with van der Waals surface area (Å²) in [5.74, 6) is 5.19. The number of hydrogen-bond donors (Lipinski definition) is 1. The van der Waals surface area contributed by atoms with Crippen molar-refractivity contribution in [1.29, 1.82) is 0 Å². The molecule has 0 unspecified atom stereocenters. The zero-order chi connectivity index (χ0) is 10.7. The molecule has 2 N–H and O–H groups in total. The van der Waals surface area contributed by atoms with Crippen LogP contribution >= 0.6 is 7.28 Å². The Morgan fingerprint density at radius 1 is 0.923 bits per heavy atom. The van der Waals surface area contributed by atoms with Gasteiger partial charge >= 0.3 is 78.7 Å². The maximum absolute atomic E-state index is 5.44. The van der Waals surface area contributed by atoms with Crippen molar-refractivity contribution >= 4 is 7.28 Å². The van der Waals surface area contributed by atoms with Crippen molar-refractivity contribution in [2.75, 3.05) is 41.5 Å². The van der Waals surface area contributed by atoms with Crippen LogP contribution in [0.5, 0.6) is 0 Å². The fraction of sp³-hybridized carbons (Fsp3) is 1.00. The van der Waals surface area contributed by atoms with Gasteiger partial charge in [-0.05, 0) is 0 Å². The first-order chi connectivity index (χ1) is 5.68. The normalized spacial score (nSPS) is 16.2. The molecule has 0 saturated carbocycles. The summed E-state index contributed by atoms with van der Waals surface area (Å²) in [5, 5.41) is 3.02. The molecule has 0 heterocycles. The van der Waals surface area contributed by atoms with Gasteiger partial charge in [0.05, 0.1) is 0 Å². The SMILES string of the molecule is CN(C)OP(C)(C)(ON)ON(C)C. The third-order valence-electron chi connectivity index (χ3n) is 1.08. The Balaban J connectivity index is 4.53. The molecule has 0 spiro atoms. The Morgan fingerprint density at radius 2 is 1.23 bits per heavy atom. The van der Waals surface area contributed by atoms with Crippen molar-refractivity contribution in [1.82, 2.24) is 10.1 Å². The maximum atomic E-state index is 5.44. The minimum atomic E-state index is -3.19. The monoisotopic (exact) mass is 213 g/mol. The van der Waals surface area contributed by atoms with Crippen LogP contribution in [-0.2, 0) is 13.9 Å². The van der Waals surface area contributed by atoms with Gasteiger partial charge in [0, 0.05) is 0 Å².